The summed E-state index contributed by atoms with van der Waals surface area (Å²) in [5, 5.41) is 16.1. The Labute approximate surface area is 190 Å². The first kappa shape index (κ1) is 23.4. The van der Waals surface area contributed by atoms with Gasteiger partial charge in [0, 0.05) is 23.9 Å². The largest absolute Gasteiger partial charge is 0.416 e. The van der Waals surface area contributed by atoms with E-state index in [-0.39, 0.29) is 23.8 Å². The van der Waals surface area contributed by atoms with Crippen molar-refractivity contribution in [1.82, 2.24) is 19.5 Å². The third-order valence-electron chi connectivity index (χ3n) is 5.35. The first-order valence-corrected chi connectivity index (χ1v) is 10.1. The summed E-state index contributed by atoms with van der Waals surface area (Å²) in [5.41, 5.74) is -0.785. The molecule has 2 N–H and O–H groups in total. The molecule has 8 nitrogen and oxygen atoms in total. The van der Waals surface area contributed by atoms with Gasteiger partial charge in [-0.2, -0.15) is 18.2 Å². The molecule has 12 heteroatoms. The molecule has 34 heavy (non-hydrogen) atoms. The van der Waals surface area contributed by atoms with E-state index >= 15 is 0 Å². The minimum Gasteiger partial charge on any atom is -0.381 e. The van der Waals surface area contributed by atoms with Crippen molar-refractivity contribution < 1.29 is 32.0 Å². The average Bonchev–Trinajstić information content (AvgIpc) is 3.40. The molecule has 178 valence electrons. The molecule has 0 saturated heterocycles. The monoisotopic (exact) mass is 477 g/mol. The van der Waals surface area contributed by atoms with Gasteiger partial charge in [-0.15, -0.1) is 0 Å². The number of alkyl halides is 3. The maximum absolute atomic E-state index is 13.6. The molecule has 3 aromatic heterocycles. The summed E-state index contributed by atoms with van der Waals surface area (Å²) in [7, 11) is 0. The quantitative estimate of drug-likeness (QED) is 0.401. The molecule has 1 aromatic carbocycles. The van der Waals surface area contributed by atoms with Crippen LogP contribution in [0.1, 0.15) is 35.3 Å². The molecule has 0 fully saturated rings. The van der Waals surface area contributed by atoms with Crippen molar-refractivity contribution in [3.8, 4) is 11.4 Å². The molecular weight excluding hydrogens is 458 g/mol. The Morgan fingerprint density at radius 1 is 1.24 bits per heavy atom. The van der Waals surface area contributed by atoms with Crippen molar-refractivity contribution in [2.24, 2.45) is 0 Å². The predicted molar refractivity (Wildman–Crippen MR) is 113 cm³/mol. The van der Waals surface area contributed by atoms with Crippen LogP contribution in [-0.4, -0.2) is 42.3 Å². The molecule has 0 aliphatic heterocycles. The number of nitrogens with zero attached hydrogens (tertiary/aromatic N) is 4. The number of hydrogen-bond donors (Lipinski definition) is 2. The van der Waals surface area contributed by atoms with Crippen LogP contribution in [0, 0.1) is 12.7 Å². The van der Waals surface area contributed by atoms with Crippen LogP contribution in [-0.2, 0) is 6.42 Å². The van der Waals surface area contributed by atoms with Crippen LogP contribution in [0.25, 0.3) is 17.0 Å². The number of carbonyl (C=O) groups excluding carboxylic acids is 1. The number of rotatable bonds is 6. The van der Waals surface area contributed by atoms with Crippen molar-refractivity contribution in [3.05, 3.63) is 65.7 Å². The van der Waals surface area contributed by atoms with Gasteiger partial charge in [-0.3, -0.25) is 9.20 Å². The molecule has 0 spiro atoms. The number of amides is 1. The van der Waals surface area contributed by atoms with Crippen LogP contribution in [0.5, 0.6) is 0 Å². The fourth-order valence-corrected chi connectivity index (χ4v) is 3.17. The molecule has 0 aliphatic rings. The molecule has 0 radical (unpaired) electrons. The van der Waals surface area contributed by atoms with E-state index in [9.17, 15) is 27.5 Å². The van der Waals surface area contributed by atoms with Gasteiger partial charge in [-0.25, -0.2) is 9.37 Å². The standard InChI is InChI=1S/C22H19F4N5O3/c1-12-3-4-13(19-29-18(34-30-19)7-8-21(2,33)22(24,25)26)9-15(12)28-20(32)16-10-27-17-6-5-14(23)11-31(16)17/h3-6,9-11,33H,7-8H2,1-2H3,(H,28,32)/t21-/m0/s1. The Hall–Kier alpha value is -3.80. The molecule has 1 amide bonds. The van der Waals surface area contributed by atoms with Crippen molar-refractivity contribution in [3.63, 3.8) is 0 Å². The first-order chi connectivity index (χ1) is 15.9. The summed E-state index contributed by atoms with van der Waals surface area (Å²) >= 11 is 0. The highest BCUT2D eigenvalue weighted by Crippen LogP contribution is 2.33. The number of hydrogen-bond acceptors (Lipinski definition) is 6. The molecule has 0 bridgehead atoms. The van der Waals surface area contributed by atoms with E-state index in [2.05, 4.69) is 20.4 Å². The number of fused-ring (bicyclic) bond motifs is 1. The molecule has 4 rings (SSSR count). The lowest BCUT2D eigenvalue weighted by molar-refractivity contribution is -0.255. The van der Waals surface area contributed by atoms with E-state index in [1.54, 1.807) is 25.1 Å². The van der Waals surface area contributed by atoms with Crippen molar-refractivity contribution in [2.75, 3.05) is 5.32 Å². The van der Waals surface area contributed by atoms with Gasteiger partial charge >= 0.3 is 6.18 Å². The molecule has 3 heterocycles. The molecule has 4 aromatic rings. The summed E-state index contributed by atoms with van der Waals surface area (Å²) in [6.07, 6.45) is -3.23. The number of aliphatic hydroxyl groups is 1. The van der Waals surface area contributed by atoms with Crippen molar-refractivity contribution in [1.29, 1.82) is 0 Å². The lowest BCUT2D eigenvalue weighted by Gasteiger charge is -2.25. The fraction of sp³-hybridized carbons (Fsp3) is 0.273. The normalized spacial score (nSPS) is 13.7. The number of imidazole rings is 1. The summed E-state index contributed by atoms with van der Waals surface area (Å²) in [6.45, 7) is 2.44. The third kappa shape index (κ3) is 4.62. The highest BCUT2D eigenvalue weighted by Gasteiger charge is 2.49. The topological polar surface area (TPSA) is 106 Å². The predicted octanol–water partition coefficient (Wildman–Crippen LogP) is 4.33. The van der Waals surface area contributed by atoms with Gasteiger partial charge in [0.25, 0.3) is 5.91 Å². The van der Waals surface area contributed by atoms with Gasteiger partial charge in [0.05, 0.1) is 6.20 Å². The van der Waals surface area contributed by atoms with Gasteiger partial charge < -0.3 is 14.9 Å². The minimum atomic E-state index is -4.79. The van der Waals surface area contributed by atoms with E-state index < -0.39 is 29.9 Å². The molecule has 1 atom stereocenters. The van der Waals surface area contributed by atoms with Gasteiger partial charge in [0.1, 0.15) is 17.2 Å². The van der Waals surface area contributed by atoms with Crippen LogP contribution < -0.4 is 5.32 Å². The number of carbonyl (C=O) groups is 1. The summed E-state index contributed by atoms with van der Waals surface area (Å²) in [6, 6.07) is 7.62. The maximum Gasteiger partial charge on any atom is 0.416 e. The number of halogens is 4. The second-order valence-corrected chi connectivity index (χ2v) is 7.99. The van der Waals surface area contributed by atoms with E-state index in [4.69, 9.17) is 4.52 Å². The smallest absolute Gasteiger partial charge is 0.381 e. The minimum absolute atomic E-state index is 0.0709. The lowest BCUT2D eigenvalue weighted by atomic mass is 10.00. The van der Waals surface area contributed by atoms with Crippen molar-refractivity contribution >= 4 is 17.2 Å². The zero-order chi connectivity index (χ0) is 24.7. The van der Waals surface area contributed by atoms with Crippen LogP contribution >= 0.6 is 0 Å². The number of aryl methyl sites for hydroxylation is 2. The first-order valence-electron chi connectivity index (χ1n) is 10.1. The Balaban J connectivity index is 1.52. The lowest BCUT2D eigenvalue weighted by Crippen LogP contribution is -2.42. The van der Waals surface area contributed by atoms with Crippen LogP contribution in [0.2, 0.25) is 0 Å². The summed E-state index contributed by atoms with van der Waals surface area (Å²) < 4.78 is 58.4. The molecular formula is C22H19F4N5O3. The highest BCUT2D eigenvalue weighted by molar-refractivity contribution is 6.04. The average molecular weight is 477 g/mol. The maximum atomic E-state index is 13.6. The molecule has 0 unspecified atom stereocenters. The molecule has 0 saturated carbocycles. The molecule has 0 aliphatic carbocycles. The zero-order valence-corrected chi connectivity index (χ0v) is 18.0. The van der Waals surface area contributed by atoms with Gasteiger partial charge in [0.2, 0.25) is 11.7 Å². The van der Waals surface area contributed by atoms with Crippen LogP contribution in [0.4, 0.5) is 23.2 Å². The summed E-state index contributed by atoms with van der Waals surface area (Å²) in [4.78, 5) is 21.0. The van der Waals surface area contributed by atoms with Gasteiger partial charge in [-0.1, -0.05) is 17.3 Å². The van der Waals surface area contributed by atoms with E-state index in [0.717, 1.165) is 6.20 Å². The highest BCUT2D eigenvalue weighted by atomic mass is 19.4. The van der Waals surface area contributed by atoms with E-state index in [1.807, 2.05) is 0 Å². The van der Waals surface area contributed by atoms with Crippen LogP contribution in [0.3, 0.4) is 0 Å². The van der Waals surface area contributed by atoms with E-state index in [0.29, 0.717) is 29.4 Å². The third-order valence-corrected chi connectivity index (χ3v) is 5.35. The Kier molecular flexibility index (Phi) is 5.86. The fourth-order valence-electron chi connectivity index (χ4n) is 3.17. The second kappa shape index (κ2) is 8.52. The Morgan fingerprint density at radius 2 is 2.00 bits per heavy atom. The number of pyridine rings is 1. The van der Waals surface area contributed by atoms with E-state index in [1.165, 1.54) is 22.7 Å². The number of anilines is 1. The summed E-state index contributed by atoms with van der Waals surface area (Å²) in [5.74, 6) is -1.02. The SMILES string of the molecule is Cc1ccc(-c2noc(CC[C@](C)(O)C(F)(F)F)n2)cc1NC(=O)c1cnc2ccc(F)cn12. The van der Waals surface area contributed by atoms with Crippen molar-refractivity contribution in [2.45, 2.75) is 38.5 Å². The Morgan fingerprint density at radius 3 is 2.74 bits per heavy atom. The van der Waals surface area contributed by atoms with Gasteiger partial charge in [-0.05, 0) is 44.0 Å². The van der Waals surface area contributed by atoms with Gasteiger partial charge in [0.15, 0.2) is 5.60 Å². The number of benzene rings is 1. The Bertz CT molecular complexity index is 1360. The number of aromatic nitrogens is 4. The number of nitrogens with one attached hydrogen (secondary N) is 1. The van der Waals surface area contributed by atoms with Crippen LogP contribution in [0.15, 0.2) is 47.2 Å². The second-order valence-electron chi connectivity index (χ2n) is 7.99. The zero-order valence-electron chi connectivity index (χ0n) is 18.0.